The van der Waals surface area contributed by atoms with Gasteiger partial charge < -0.3 is 5.32 Å². The lowest BCUT2D eigenvalue weighted by Gasteiger charge is -2.12. The fourth-order valence-corrected chi connectivity index (χ4v) is 3.67. The monoisotopic (exact) mass is 364 g/mol. The number of benzene rings is 1. The van der Waals surface area contributed by atoms with Crippen LogP contribution in [0.15, 0.2) is 24.3 Å². The number of amides is 1. The van der Waals surface area contributed by atoms with E-state index in [0.29, 0.717) is 18.8 Å². The van der Waals surface area contributed by atoms with Crippen LogP contribution in [0, 0.1) is 20.8 Å². The molecule has 1 aromatic carbocycles. The maximum Gasteiger partial charge on any atom is 0.224 e. The molecule has 0 fully saturated rings. The molecule has 5 heteroatoms. The molecule has 1 N–H and O–H groups in total. The van der Waals surface area contributed by atoms with E-state index in [2.05, 4.69) is 37.3 Å². The highest BCUT2D eigenvalue weighted by molar-refractivity contribution is 5.91. The number of nitrogens with zero attached hydrogens (tertiary/aromatic N) is 3. The summed E-state index contributed by atoms with van der Waals surface area (Å²) in [6, 6.07) is 8.06. The standard InChI is InChI=1S/C22H28N4O/c1-13(2)17-8-7-9-18(12-17)24-20(27)11-10-19-14(3)21-16(5)25-26(6)22(21)23-15(19)4/h7-9,12-13H,10-11H2,1-6H3,(H,24,27). The topological polar surface area (TPSA) is 59.8 Å². The molecule has 0 spiro atoms. The molecule has 3 rings (SSSR count). The van der Waals surface area contributed by atoms with Gasteiger partial charge in [0.1, 0.15) is 0 Å². The quantitative estimate of drug-likeness (QED) is 0.720. The number of fused-ring (bicyclic) bond motifs is 1. The molecule has 142 valence electrons. The average molecular weight is 364 g/mol. The molecule has 5 nitrogen and oxygen atoms in total. The van der Waals surface area contributed by atoms with Gasteiger partial charge in [0.2, 0.25) is 5.91 Å². The largest absolute Gasteiger partial charge is 0.326 e. The number of aromatic nitrogens is 3. The minimum absolute atomic E-state index is 0.0257. The fraction of sp³-hybridized carbons (Fsp3) is 0.409. The first-order valence-corrected chi connectivity index (χ1v) is 9.47. The van der Waals surface area contributed by atoms with Crippen LogP contribution in [0.5, 0.6) is 0 Å². The van der Waals surface area contributed by atoms with E-state index in [1.165, 1.54) is 11.1 Å². The second-order valence-corrected chi connectivity index (χ2v) is 7.54. The number of carbonyl (C=O) groups excluding carboxylic acids is 1. The molecule has 0 saturated carbocycles. The van der Waals surface area contributed by atoms with E-state index in [-0.39, 0.29) is 5.91 Å². The molecule has 0 aliphatic heterocycles. The number of aryl methyl sites for hydroxylation is 4. The first kappa shape index (κ1) is 19.1. The van der Waals surface area contributed by atoms with Gasteiger partial charge in [0.25, 0.3) is 0 Å². The number of nitrogens with one attached hydrogen (secondary N) is 1. The van der Waals surface area contributed by atoms with Crippen LogP contribution in [0.3, 0.4) is 0 Å². The Kier molecular flexibility index (Phi) is 5.31. The Morgan fingerprint density at radius 2 is 1.93 bits per heavy atom. The average Bonchev–Trinajstić information content (AvgIpc) is 2.88. The van der Waals surface area contributed by atoms with Crippen LogP contribution in [0.4, 0.5) is 5.69 Å². The van der Waals surface area contributed by atoms with Crippen LogP contribution in [0.25, 0.3) is 11.0 Å². The number of hydrogen-bond donors (Lipinski definition) is 1. The van der Waals surface area contributed by atoms with E-state index in [4.69, 9.17) is 4.98 Å². The van der Waals surface area contributed by atoms with E-state index >= 15 is 0 Å². The van der Waals surface area contributed by atoms with E-state index in [0.717, 1.165) is 33.7 Å². The Morgan fingerprint density at radius 3 is 2.63 bits per heavy atom. The highest BCUT2D eigenvalue weighted by Crippen LogP contribution is 2.26. The smallest absolute Gasteiger partial charge is 0.224 e. The number of hydrogen-bond acceptors (Lipinski definition) is 3. The van der Waals surface area contributed by atoms with E-state index < -0.39 is 0 Å². The van der Waals surface area contributed by atoms with Gasteiger partial charge in [0, 0.05) is 30.2 Å². The van der Waals surface area contributed by atoms with Gasteiger partial charge in [0.15, 0.2) is 5.65 Å². The maximum absolute atomic E-state index is 12.5. The first-order valence-electron chi connectivity index (χ1n) is 9.47. The van der Waals surface area contributed by atoms with Gasteiger partial charge in [-0.2, -0.15) is 5.10 Å². The van der Waals surface area contributed by atoms with E-state index in [1.807, 2.05) is 43.8 Å². The second-order valence-electron chi connectivity index (χ2n) is 7.54. The molecule has 0 aliphatic carbocycles. The zero-order valence-corrected chi connectivity index (χ0v) is 17.1. The summed E-state index contributed by atoms with van der Waals surface area (Å²) >= 11 is 0. The van der Waals surface area contributed by atoms with Crippen molar-refractivity contribution >= 4 is 22.6 Å². The van der Waals surface area contributed by atoms with Gasteiger partial charge >= 0.3 is 0 Å². The summed E-state index contributed by atoms with van der Waals surface area (Å²) in [6.07, 6.45) is 1.10. The summed E-state index contributed by atoms with van der Waals surface area (Å²) in [6.45, 7) is 10.4. The van der Waals surface area contributed by atoms with E-state index in [9.17, 15) is 4.79 Å². The van der Waals surface area contributed by atoms with Crippen molar-refractivity contribution in [2.45, 2.75) is 53.4 Å². The van der Waals surface area contributed by atoms with Crippen molar-refractivity contribution < 1.29 is 4.79 Å². The maximum atomic E-state index is 12.5. The first-order chi connectivity index (χ1) is 12.8. The molecule has 0 aliphatic rings. The highest BCUT2D eigenvalue weighted by Gasteiger charge is 2.16. The van der Waals surface area contributed by atoms with Crippen molar-refractivity contribution in [3.05, 3.63) is 52.3 Å². The normalized spacial score (nSPS) is 11.4. The molecule has 0 unspecified atom stereocenters. The SMILES string of the molecule is Cc1nc2c(c(C)nn2C)c(C)c1CCC(=O)Nc1cccc(C(C)C)c1. The Balaban J connectivity index is 1.76. The summed E-state index contributed by atoms with van der Waals surface area (Å²) in [7, 11) is 1.92. The fourth-order valence-electron chi connectivity index (χ4n) is 3.67. The molecule has 0 radical (unpaired) electrons. The van der Waals surface area contributed by atoms with Gasteiger partial charge in [-0.25, -0.2) is 4.98 Å². The van der Waals surface area contributed by atoms with Gasteiger partial charge in [-0.05, 0) is 61.9 Å². The highest BCUT2D eigenvalue weighted by atomic mass is 16.1. The van der Waals surface area contributed by atoms with Gasteiger partial charge in [-0.3, -0.25) is 9.48 Å². The van der Waals surface area contributed by atoms with Crippen molar-refractivity contribution in [1.29, 1.82) is 0 Å². The molecule has 0 bridgehead atoms. The van der Waals surface area contributed by atoms with Crippen LogP contribution in [0.1, 0.15) is 54.3 Å². The number of anilines is 1. The molecule has 2 heterocycles. The minimum atomic E-state index is 0.0257. The third-order valence-corrected chi connectivity index (χ3v) is 5.17. The molecule has 0 saturated heterocycles. The van der Waals surface area contributed by atoms with E-state index in [1.54, 1.807) is 0 Å². The lowest BCUT2D eigenvalue weighted by Crippen LogP contribution is -2.13. The van der Waals surface area contributed by atoms with Crippen LogP contribution < -0.4 is 5.32 Å². The zero-order valence-electron chi connectivity index (χ0n) is 17.1. The van der Waals surface area contributed by atoms with Crippen molar-refractivity contribution in [2.75, 3.05) is 5.32 Å². The summed E-state index contributed by atoms with van der Waals surface area (Å²) in [4.78, 5) is 17.2. The van der Waals surface area contributed by atoms with Crippen LogP contribution in [0.2, 0.25) is 0 Å². The van der Waals surface area contributed by atoms with Crippen LogP contribution >= 0.6 is 0 Å². The Morgan fingerprint density at radius 1 is 1.19 bits per heavy atom. The lowest BCUT2D eigenvalue weighted by molar-refractivity contribution is -0.116. The third kappa shape index (κ3) is 3.87. The molecule has 27 heavy (non-hydrogen) atoms. The summed E-state index contributed by atoms with van der Waals surface area (Å²) < 4.78 is 1.82. The third-order valence-electron chi connectivity index (χ3n) is 5.17. The molecular weight excluding hydrogens is 336 g/mol. The van der Waals surface area contributed by atoms with Crippen molar-refractivity contribution in [2.24, 2.45) is 7.05 Å². The molecular formula is C22H28N4O. The zero-order chi connectivity index (χ0) is 19.7. The molecule has 0 atom stereocenters. The Bertz CT molecular complexity index is 1000. The predicted molar refractivity (Wildman–Crippen MR) is 110 cm³/mol. The Labute approximate surface area is 160 Å². The van der Waals surface area contributed by atoms with Crippen molar-refractivity contribution in [3.8, 4) is 0 Å². The van der Waals surface area contributed by atoms with Crippen LogP contribution in [-0.4, -0.2) is 20.7 Å². The number of carbonyl (C=O) groups is 1. The number of pyridine rings is 1. The number of rotatable bonds is 5. The summed E-state index contributed by atoms with van der Waals surface area (Å²) in [5, 5.41) is 8.60. The molecule has 2 aromatic heterocycles. The van der Waals surface area contributed by atoms with Gasteiger partial charge in [0.05, 0.1) is 5.69 Å². The second kappa shape index (κ2) is 7.51. The lowest BCUT2D eigenvalue weighted by atomic mass is 9.99. The van der Waals surface area contributed by atoms with Crippen molar-refractivity contribution in [1.82, 2.24) is 14.8 Å². The summed E-state index contributed by atoms with van der Waals surface area (Å²) in [5.41, 5.74) is 7.26. The van der Waals surface area contributed by atoms with Crippen LogP contribution in [-0.2, 0) is 18.3 Å². The molecule has 1 amide bonds. The Hall–Kier alpha value is -2.69. The minimum Gasteiger partial charge on any atom is -0.326 e. The molecule has 3 aromatic rings. The van der Waals surface area contributed by atoms with Crippen molar-refractivity contribution in [3.63, 3.8) is 0 Å². The predicted octanol–water partition coefficient (Wildman–Crippen LogP) is 4.59. The van der Waals surface area contributed by atoms with Gasteiger partial charge in [-0.15, -0.1) is 0 Å². The van der Waals surface area contributed by atoms with Gasteiger partial charge in [-0.1, -0.05) is 26.0 Å². The summed E-state index contributed by atoms with van der Waals surface area (Å²) in [5.74, 6) is 0.463.